The fourth-order valence-corrected chi connectivity index (χ4v) is 2.16. The maximum absolute atomic E-state index is 4.19. The lowest BCUT2D eigenvalue weighted by atomic mass is 10.1. The van der Waals surface area contributed by atoms with E-state index >= 15 is 0 Å². The van der Waals surface area contributed by atoms with Crippen LogP contribution < -0.4 is 10.2 Å². The van der Waals surface area contributed by atoms with E-state index in [2.05, 4.69) is 59.3 Å². The number of thiol groups is 1. The zero-order valence-corrected chi connectivity index (χ0v) is 11.0. The van der Waals surface area contributed by atoms with Crippen LogP contribution in [-0.2, 0) is 0 Å². The zero-order chi connectivity index (χ0) is 11.9. The van der Waals surface area contributed by atoms with Gasteiger partial charge in [-0.1, -0.05) is 24.3 Å². The molecule has 0 amide bonds. The lowest BCUT2D eigenvalue weighted by molar-refractivity contribution is 0.589. The van der Waals surface area contributed by atoms with E-state index in [4.69, 9.17) is 0 Å². The number of piperazine rings is 1. The number of allylic oxidation sites excluding steroid dienone is 1. The predicted octanol–water partition coefficient (Wildman–Crippen LogP) is 2.43. The van der Waals surface area contributed by atoms with E-state index in [1.54, 1.807) is 0 Å². The maximum Gasteiger partial charge on any atom is 0.0367 e. The molecule has 1 aromatic rings. The number of hydrogen-bond donors (Lipinski definition) is 2. The van der Waals surface area contributed by atoms with Gasteiger partial charge in [-0.15, -0.1) is 0 Å². The zero-order valence-electron chi connectivity index (χ0n) is 10.1. The molecule has 0 bridgehead atoms. The number of hydrogen-bond acceptors (Lipinski definition) is 3. The summed E-state index contributed by atoms with van der Waals surface area (Å²) in [5.74, 6) is 0.912. The van der Waals surface area contributed by atoms with Crippen molar-refractivity contribution in [1.82, 2.24) is 5.32 Å². The van der Waals surface area contributed by atoms with Gasteiger partial charge in [0.25, 0.3) is 0 Å². The second kappa shape index (κ2) is 6.72. The Kier molecular flexibility index (Phi) is 4.95. The van der Waals surface area contributed by atoms with E-state index < -0.39 is 0 Å². The Morgan fingerprint density at radius 2 is 1.88 bits per heavy atom. The third-order valence-corrected chi connectivity index (χ3v) is 3.24. The van der Waals surface area contributed by atoms with Crippen LogP contribution in [-0.4, -0.2) is 31.9 Å². The van der Waals surface area contributed by atoms with Crippen LogP contribution in [0.3, 0.4) is 0 Å². The number of nitrogens with one attached hydrogen (secondary N) is 1. The molecule has 0 radical (unpaired) electrons. The molecule has 1 aliphatic heterocycles. The molecule has 92 valence electrons. The smallest absolute Gasteiger partial charge is 0.0367 e. The van der Waals surface area contributed by atoms with Crippen molar-refractivity contribution in [3.8, 4) is 0 Å². The highest BCUT2D eigenvalue weighted by Crippen LogP contribution is 2.16. The van der Waals surface area contributed by atoms with Crippen molar-refractivity contribution in [2.24, 2.45) is 0 Å². The Morgan fingerprint density at radius 1 is 1.18 bits per heavy atom. The fourth-order valence-electron chi connectivity index (χ4n) is 2.01. The monoisotopic (exact) mass is 248 g/mol. The lowest BCUT2D eigenvalue weighted by Crippen LogP contribution is -2.43. The first kappa shape index (κ1) is 12.5. The average molecular weight is 248 g/mol. The normalized spacial score (nSPS) is 16.6. The first-order valence-electron chi connectivity index (χ1n) is 6.23. The Hall–Kier alpha value is -0.930. The molecule has 2 nitrogen and oxygen atoms in total. The SMILES string of the molecule is SCCC=Cc1ccc(N2CCNCC2)cc1. The molecule has 0 aromatic heterocycles. The Balaban J connectivity index is 1.97. The van der Waals surface area contributed by atoms with Gasteiger partial charge in [0.15, 0.2) is 0 Å². The minimum absolute atomic E-state index is 0.912. The Labute approximate surface area is 109 Å². The molecule has 0 aliphatic carbocycles. The second-order valence-electron chi connectivity index (χ2n) is 4.24. The van der Waals surface area contributed by atoms with Crippen molar-refractivity contribution in [1.29, 1.82) is 0 Å². The summed E-state index contributed by atoms with van der Waals surface area (Å²) in [7, 11) is 0. The summed E-state index contributed by atoms with van der Waals surface area (Å²) < 4.78 is 0. The Morgan fingerprint density at radius 3 is 2.53 bits per heavy atom. The summed E-state index contributed by atoms with van der Waals surface area (Å²) in [6.45, 7) is 4.39. The number of nitrogens with zero attached hydrogens (tertiary/aromatic N) is 1. The van der Waals surface area contributed by atoms with Gasteiger partial charge in [-0.05, 0) is 29.9 Å². The first-order valence-corrected chi connectivity index (χ1v) is 6.86. The van der Waals surface area contributed by atoms with E-state index in [0.29, 0.717) is 0 Å². The quantitative estimate of drug-likeness (QED) is 0.796. The van der Waals surface area contributed by atoms with Crippen LogP contribution in [0.1, 0.15) is 12.0 Å². The van der Waals surface area contributed by atoms with Crippen molar-refractivity contribution < 1.29 is 0 Å². The highest BCUT2D eigenvalue weighted by molar-refractivity contribution is 7.80. The highest BCUT2D eigenvalue weighted by Gasteiger charge is 2.09. The van der Waals surface area contributed by atoms with Crippen molar-refractivity contribution in [2.75, 3.05) is 36.8 Å². The van der Waals surface area contributed by atoms with E-state index in [1.165, 1.54) is 11.3 Å². The molecule has 2 rings (SSSR count). The van der Waals surface area contributed by atoms with Crippen LogP contribution in [0.15, 0.2) is 30.3 Å². The predicted molar refractivity (Wildman–Crippen MR) is 79.0 cm³/mol. The molecular formula is C14H20N2S. The van der Waals surface area contributed by atoms with Crippen LogP contribution in [0, 0.1) is 0 Å². The molecule has 1 heterocycles. The van der Waals surface area contributed by atoms with Crippen molar-refractivity contribution in [2.45, 2.75) is 6.42 Å². The van der Waals surface area contributed by atoms with Gasteiger partial charge in [0, 0.05) is 31.9 Å². The number of rotatable bonds is 4. The summed E-state index contributed by atoms with van der Waals surface area (Å²) in [6, 6.07) is 8.80. The van der Waals surface area contributed by atoms with Crippen LogP contribution in [0.25, 0.3) is 6.08 Å². The summed E-state index contributed by atoms with van der Waals surface area (Å²) in [5, 5.41) is 3.37. The van der Waals surface area contributed by atoms with Crippen LogP contribution >= 0.6 is 12.6 Å². The second-order valence-corrected chi connectivity index (χ2v) is 4.69. The van der Waals surface area contributed by atoms with Gasteiger partial charge in [0.1, 0.15) is 0 Å². The van der Waals surface area contributed by atoms with Gasteiger partial charge in [0.05, 0.1) is 0 Å². The molecule has 0 spiro atoms. The minimum atomic E-state index is 0.912. The maximum atomic E-state index is 4.19. The molecule has 1 aliphatic rings. The van der Waals surface area contributed by atoms with Gasteiger partial charge in [-0.25, -0.2) is 0 Å². The molecule has 1 fully saturated rings. The van der Waals surface area contributed by atoms with E-state index in [9.17, 15) is 0 Å². The molecule has 0 atom stereocenters. The van der Waals surface area contributed by atoms with Gasteiger partial charge >= 0.3 is 0 Å². The Bertz CT molecular complexity index is 353. The molecule has 1 aromatic carbocycles. The van der Waals surface area contributed by atoms with Crippen LogP contribution in [0.2, 0.25) is 0 Å². The van der Waals surface area contributed by atoms with Crippen molar-refractivity contribution in [3.63, 3.8) is 0 Å². The van der Waals surface area contributed by atoms with Crippen LogP contribution in [0.5, 0.6) is 0 Å². The molecule has 3 heteroatoms. The summed E-state index contributed by atoms with van der Waals surface area (Å²) in [4.78, 5) is 2.43. The summed E-state index contributed by atoms with van der Waals surface area (Å²) in [6.07, 6.45) is 5.37. The minimum Gasteiger partial charge on any atom is -0.369 e. The average Bonchev–Trinajstić information content (AvgIpc) is 2.41. The van der Waals surface area contributed by atoms with Gasteiger partial charge in [0.2, 0.25) is 0 Å². The van der Waals surface area contributed by atoms with Crippen molar-refractivity contribution in [3.05, 3.63) is 35.9 Å². The number of benzene rings is 1. The molecule has 0 unspecified atom stereocenters. The van der Waals surface area contributed by atoms with E-state index in [1.807, 2.05) is 0 Å². The van der Waals surface area contributed by atoms with E-state index in [-0.39, 0.29) is 0 Å². The number of anilines is 1. The van der Waals surface area contributed by atoms with E-state index in [0.717, 1.165) is 38.4 Å². The first-order chi connectivity index (χ1) is 8.40. The summed E-state index contributed by atoms with van der Waals surface area (Å²) >= 11 is 4.19. The third-order valence-electron chi connectivity index (χ3n) is 2.98. The highest BCUT2D eigenvalue weighted by atomic mass is 32.1. The van der Waals surface area contributed by atoms with Crippen LogP contribution in [0.4, 0.5) is 5.69 Å². The molecule has 1 N–H and O–H groups in total. The third kappa shape index (κ3) is 3.79. The fraction of sp³-hybridized carbons (Fsp3) is 0.429. The standard InChI is InChI=1S/C14H20N2S/c17-12-2-1-3-13-4-6-14(7-5-13)16-10-8-15-9-11-16/h1,3-7,15,17H,2,8-12H2. The largest absolute Gasteiger partial charge is 0.369 e. The van der Waals surface area contributed by atoms with Gasteiger partial charge < -0.3 is 10.2 Å². The van der Waals surface area contributed by atoms with Crippen molar-refractivity contribution >= 4 is 24.4 Å². The molecule has 17 heavy (non-hydrogen) atoms. The molecule has 0 saturated carbocycles. The van der Waals surface area contributed by atoms with Gasteiger partial charge in [-0.3, -0.25) is 0 Å². The van der Waals surface area contributed by atoms with Gasteiger partial charge in [-0.2, -0.15) is 12.6 Å². The topological polar surface area (TPSA) is 15.3 Å². The summed E-state index contributed by atoms with van der Waals surface area (Å²) in [5.41, 5.74) is 2.60. The molecule has 1 saturated heterocycles. The molecular weight excluding hydrogens is 228 g/mol. The lowest BCUT2D eigenvalue weighted by Gasteiger charge is -2.29.